The van der Waals surface area contributed by atoms with E-state index < -0.39 is 0 Å². The van der Waals surface area contributed by atoms with Crippen molar-refractivity contribution < 1.29 is 0 Å². The van der Waals surface area contributed by atoms with E-state index in [0.29, 0.717) is 23.3 Å². The van der Waals surface area contributed by atoms with Gasteiger partial charge in [0, 0.05) is 23.0 Å². The molecular formula is C20H24N6. The van der Waals surface area contributed by atoms with E-state index >= 15 is 0 Å². The minimum absolute atomic E-state index is 0.314. The first-order valence-electron chi connectivity index (χ1n) is 9.21. The third kappa shape index (κ3) is 2.78. The van der Waals surface area contributed by atoms with Crippen LogP contribution in [0.25, 0.3) is 11.1 Å². The Hall–Kier alpha value is -2.65. The summed E-state index contributed by atoms with van der Waals surface area (Å²) >= 11 is 0. The largest absolute Gasteiger partial charge is 0.383 e. The van der Waals surface area contributed by atoms with Crippen LogP contribution in [0.3, 0.4) is 0 Å². The second-order valence-corrected chi connectivity index (χ2v) is 7.45. The third-order valence-corrected chi connectivity index (χ3v) is 5.87. The van der Waals surface area contributed by atoms with Gasteiger partial charge in [0.1, 0.15) is 17.5 Å². The fraction of sp³-hybridized carbons (Fsp3) is 0.450. The van der Waals surface area contributed by atoms with Gasteiger partial charge in [0.2, 0.25) is 0 Å². The van der Waals surface area contributed by atoms with Crippen LogP contribution in [0.1, 0.15) is 36.1 Å². The second-order valence-electron chi connectivity index (χ2n) is 7.45. The maximum absolute atomic E-state index is 9.75. The van der Waals surface area contributed by atoms with Gasteiger partial charge in [-0.2, -0.15) is 10.4 Å². The molecule has 0 aromatic carbocycles. The van der Waals surface area contributed by atoms with E-state index in [1.165, 1.54) is 18.4 Å². The minimum Gasteiger partial charge on any atom is -0.383 e. The normalized spacial score (nSPS) is 18.3. The number of piperidine rings is 1. The molecule has 1 aliphatic carbocycles. The van der Waals surface area contributed by atoms with Gasteiger partial charge in [-0.25, -0.2) is 4.98 Å². The average Bonchev–Trinajstić information content (AvgIpc) is 3.10. The molecule has 0 amide bonds. The molecule has 2 aromatic heterocycles. The van der Waals surface area contributed by atoms with Gasteiger partial charge in [-0.3, -0.25) is 4.68 Å². The lowest BCUT2D eigenvalue weighted by Gasteiger charge is -2.42. The zero-order valence-corrected chi connectivity index (χ0v) is 15.0. The summed E-state index contributed by atoms with van der Waals surface area (Å²) in [4.78, 5) is 4.59. The number of nitrogens with zero attached hydrogens (tertiary/aromatic N) is 4. The van der Waals surface area contributed by atoms with Crippen LogP contribution in [0.2, 0.25) is 0 Å². The molecule has 6 nitrogen and oxygen atoms in total. The smallest absolute Gasteiger partial charge is 0.142 e. The third-order valence-electron chi connectivity index (χ3n) is 5.87. The summed E-state index contributed by atoms with van der Waals surface area (Å²) in [6.07, 6.45) is 11.0. The highest BCUT2D eigenvalue weighted by molar-refractivity contribution is 5.78. The molecule has 3 N–H and O–H groups in total. The number of aryl methyl sites for hydroxylation is 1. The molecule has 4 rings (SSSR count). The number of nitrogens with two attached hydrogens (primary N) is 1. The summed E-state index contributed by atoms with van der Waals surface area (Å²) in [6.45, 7) is 6.53. The highest BCUT2D eigenvalue weighted by Crippen LogP contribution is 2.45. The topological polar surface area (TPSA) is 92.5 Å². The Labute approximate surface area is 153 Å². The van der Waals surface area contributed by atoms with E-state index in [4.69, 9.17) is 5.73 Å². The quantitative estimate of drug-likeness (QED) is 0.831. The predicted molar refractivity (Wildman–Crippen MR) is 101 cm³/mol. The van der Waals surface area contributed by atoms with Crippen molar-refractivity contribution in [3.63, 3.8) is 0 Å². The molecular weight excluding hydrogens is 324 g/mol. The first kappa shape index (κ1) is 16.8. The number of anilines is 1. The van der Waals surface area contributed by atoms with Crippen molar-refractivity contribution in [3.05, 3.63) is 41.9 Å². The summed E-state index contributed by atoms with van der Waals surface area (Å²) in [5.41, 5.74) is 11.1. The highest BCUT2D eigenvalue weighted by atomic mass is 15.3. The van der Waals surface area contributed by atoms with Gasteiger partial charge in [-0.15, -0.1) is 6.58 Å². The molecule has 0 radical (unpaired) electrons. The van der Waals surface area contributed by atoms with Crippen molar-refractivity contribution in [2.45, 2.75) is 38.6 Å². The molecule has 0 bridgehead atoms. The Kier molecular flexibility index (Phi) is 4.25. The lowest BCUT2D eigenvalue weighted by Crippen LogP contribution is -2.40. The number of hydrogen-bond donors (Lipinski definition) is 2. The van der Waals surface area contributed by atoms with Crippen LogP contribution in [0.5, 0.6) is 0 Å². The lowest BCUT2D eigenvalue weighted by atomic mass is 9.66. The van der Waals surface area contributed by atoms with Crippen LogP contribution >= 0.6 is 0 Å². The fourth-order valence-corrected chi connectivity index (χ4v) is 4.48. The van der Waals surface area contributed by atoms with Gasteiger partial charge in [-0.05, 0) is 56.2 Å². The monoisotopic (exact) mass is 348 g/mol. The van der Waals surface area contributed by atoms with Crippen LogP contribution in [0, 0.1) is 16.7 Å². The number of allylic oxidation sites excluding steroid dienone is 1. The second kappa shape index (κ2) is 6.58. The summed E-state index contributed by atoms with van der Waals surface area (Å²) in [5.74, 6) is 0.332. The Morgan fingerprint density at radius 2 is 2.19 bits per heavy atom. The number of aromatic nitrogens is 3. The minimum atomic E-state index is 0.314. The van der Waals surface area contributed by atoms with Crippen molar-refractivity contribution in [1.82, 2.24) is 20.1 Å². The van der Waals surface area contributed by atoms with Crippen molar-refractivity contribution in [2.24, 2.45) is 5.41 Å². The number of rotatable bonds is 3. The van der Waals surface area contributed by atoms with Gasteiger partial charge < -0.3 is 11.1 Å². The molecule has 0 atom stereocenters. The van der Waals surface area contributed by atoms with Crippen LogP contribution in [0.4, 0.5) is 5.82 Å². The number of nitriles is 1. The maximum atomic E-state index is 9.75. The van der Waals surface area contributed by atoms with Crippen LogP contribution < -0.4 is 11.1 Å². The number of nitrogens with one attached hydrogen (secondary N) is 1. The molecule has 2 aromatic rings. The zero-order chi connectivity index (χ0) is 18.1. The molecule has 3 heterocycles. The standard InChI is InChI=1S/C20H24N6/c1-2-9-26-13-14(12-24-26)18-15-10-20(5-7-23-8-6-20)4-3-17(15)25-19(22)16(18)11-21/h2,12-13,23H,1,3-10H2,(H2,22,25). The molecule has 6 heteroatoms. The lowest BCUT2D eigenvalue weighted by molar-refractivity contribution is 0.173. The molecule has 2 aliphatic rings. The van der Waals surface area contributed by atoms with E-state index in [1.54, 1.807) is 0 Å². The van der Waals surface area contributed by atoms with Crippen LogP contribution in [0.15, 0.2) is 25.0 Å². The molecule has 1 saturated heterocycles. The number of fused-ring (bicyclic) bond motifs is 1. The Morgan fingerprint density at radius 3 is 2.92 bits per heavy atom. The van der Waals surface area contributed by atoms with Gasteiger partial charge in [0.25, 0.3) is 0 Å². The van der Waals surface area contributed by atoms with Crippen LogP contribution in [-0.4, -0.2) is 27.9 Å². The summed E-state index contributed by atoms with van der Waals surface area (Å²) in [5, 5.41) is 17.6. The molecule has 26 heavy (non-hydrogen) atoms. The number of hydrogen-bond acceptors (Lipinski definition) is 5. The van der Waals surface area contributed by atoms with Gasteiger partial charge in [0.05, 0.1) is 12.7 Å². The molecule has 1 aliphatic heterocycles. The average molecular weight is 348 g/mol. The summed E-state index contributed by atoms with van der Waals surface area (Å²) in [7, 11) is 0. The number of pyridine rings is 1. The van der Waals surface area contributed by atoms with Crippen molar-refractivity contribution in [3.8, 4) is 17.2 Å². The summed E-state index contributed by atoms with van der Waals surface area (Å²) in [6, 6.07) is 2.29. The van der Waals surface area contributed by atoms with Crippen molar-refractivity contribution >= 4 is 5.82 Å². The first-order valence-corrected chi connectivity index (χ1v) is 9.21. The van der Waals surface area contributed by atoms with Crippen LogP contribution in [-0.2, 0) is 19.4 Å². The Balaban J connectivity index is 1.85. The Morgan fingerprint density at radius 1 is 1.38 bits per heavy atom. The van der Waals surface area contributed by atoms with E-state index in [2.05, 4.69) is 28.0 Å². The number of nitrogen functional groups attached to an aromatic ring is 1. The van der Waals surface area contributed by atoms with E-state index in [-0.39, 0.29) is 0 Å². The van der Waals surface area contributed by atoms with Crippen molar-refractivity contribution in [2.75, 3.05) is 18.8 Å². The zero-order valence-electron chi connectivity index (χ0n) is 15.0. The molecule has 1 spiro atoms. The van der Waals surface area contributed by atoms with E-state index in [1.807, 2.05) is 23.2 Å². The maximum Gasteiger partial charge on any atom is 0.142 e. The Bertz CT molecular complexity index is 882. The van der Waals surface area contributed by atoms with Crippen molar-refractivity contribution in [1.29, 1.82) is 5.26 Å². The van der Waals surface area contributed by atoms with E-state index in [0.717, 1.165) is 49.2 Å². The predicted octanol–water partition coefficient (Wildman–Crippen LogP) is 2.44. The fourth-order valence-electron chi connectivity index (χ4n) is 4.48. The first-order chi connectivity index (χ1) is 12.7. The van der Waals surface area contributed by atoms with E-state index in [9.17, 15) is 5.26 Å². The molecule has 1 fully saturated rings. The van der Waals surface area contributed by atoms with Gasteiger partial charge in [-0.1, -0.05) is 6.08 Å². The molecule has 0 saturated carbocycles. The van der Waals surface area contributed by atoms with Gasteiger partial charge in [0.15, 0.2) is 0 Å². The summed E-state index contributed by atoms with van der Waals surface area (Å²) < 4.78 is 1.83. The SMILES string of the molecule is C=CCn1cc(-c2c(C#N)c(N)nc3c2CC2(CCNCC2)CC3)cn1. The van der Waals surface area contributed by atoms with Gasteiger partial charge >= 0.3 is 0 Å². The highest BCUT2D eigenvalue weighted by Gasteiger charge is 2.38. The molecule has 134 valence electrons. The molecule has 0 unspecified atom stereocenters.